The molecule has 1 aromatic carbocycles. The van der Waals surface area contributed by atoms with Crippen LogP contribution in [0.3, 0.4) is 0 Å². The number of carbonyl (C=O) groups excluding carboxylic acids is 1. The Kier molecular flexibility index (Phi) is 5.24. The molecule has 0 saturated carbocycles. The molecule has 1 amide bonds. The van der Waals surface area contributed by atoms with Gasteiger partial charge in [-0.1, -0.05) is 10.3 Å². The summed E-state index contributed by atoms with van der Waals surface area (Å²) >= 11 is 1.55. The first-order chi connectivity index (χ1) is 15.1. The fraction of sp³-hybridized carbons (Fsp3) is 0.381. The van der Waals surface area contributed by atoms with Crippen LogP contribution in [0, 0.1) is 13.8 Å². The SMILES string of the molecule is Cc1noc(C)c1-c1nc(CN2CCCN(C(=O)c3ccc4ncsc4c3)CC2)no1. The van der Waals surface area contributed by atoms with Gasteiger partial charge in [-0.15, -0.1) is 11.3 Å². The number of fused-ring (bicyclic) bond motifs is 1. The highest BCUT2D eigenvalue weighted by molar-refractivity contribution is 7.16. The maximum atomic E-state index is 13.0. The van der Waals surface area contributed by atoms with Crippen molar-refractivity contribution in [3.63, 3.8) is 0 Å². The maximum absolute atomic E-state index is 13.0. The van der Waals surface area contributed by atoms with E-state index in [9.17, 15) is 4.79 Å². The van der Waals surface area contributed by atoms with Gasteiger partial charge in [-0.05, 0) is 38.5 Å². The van der Waals surface area contributed by atoms with E-state index in [1.165, 1.54) is 0 Å². The molecule has 4 aromatic rings. The number of aromatic nitrogens is 4. The molecule has 160 valence electrons. The van der Waals surface area contributed by atoms with Crippen molar-refractivity contribution in [2.75, 3.05) is 26.2 Å². The Bertz CT molecular complexity index is 1210. The molecule has 0 N–H and O–H groups in total. The topological polar surface area (TPSA) is 101 Å². The molecule has 0 unspecified atom stereocenters. The minimum Gasteiger partial charge on any atom is -0.361 e. The monoisotopic (exact) mass is 438 g/mol. The van der Waals surface area contributed by atoms with Crippen LogP contribution in [0.4, 0.5) is 0 Å². The van der Waals surface area contributed by atoms with Crippen LogP contribution in [0.15, 0.2) is 32.8 Å². The summed E-state index contributed by atoms with van der Waals surface area (Å²) in [4.78, 5) is 26.0. The predicted molar refractivity (Wildman–Crippen MR) is 115 cm³/mol. The third-order valence-electron chi connectivity index (χ3n) is 5.53. The van der Waals surface area contributed by atoms with Gasteiger partial charge in [-0.3, -0.25) is 9.69 Å². The fourth-order valence-corrected chi connectivity index (χ4v) is 4.63. The van der Waals surface area contributed by atoms with Crippen molar-refractivity contribution in [2.45, 2.75) is 26.8 Å². The molecule has 9 nitrogen and oxygen atoms in total. The van der Waals surface area contributed by atoms with E-state index in [1.54, 1.807) is 16.8 Å². The maximum Gasteiger partial charge on any atom is 0.263 e. The highest BCUT2D eigenvalue weighted by Crippen LogP contribution is 2.25. The highest BCUT2D eigenvalue weighted by atomic mass is 32.1. The molecule has 3 aromatic heterocycles. The van der Waals surface area contributed by atoms with Gasteiger partial charge in [0.1, 0.15) is 11.3 Å². The van der Waals surface area contributed by atoms with Crippen LogP contribution >= 0.6 is 11.3 Å². The van der Waals surface area contributed by atoms with E-state index in [0.29, 0.717) is 36.1 Å². The largest absolute Gasteiger partial charge is 0.361 e. The molecule has 4 heterocycles. The molecule has 1 aliphatic heterocycles. The Morgan fingerprint density at radius 2 is 2.03 bits per heavy atom. The van der Waals surface area contributed by atoms with Crippen molar-refractivity contribution in [1.29, 1.82) is 0 Å². The van der Waals surface area contributed by atoms with Gasteiger partial charge in [0.05, 0.1) is 28.0 Å². The van der Waals surface area contributed by atoms with Crippen molar-refractivity contribution in [3.05, 3.63) is 46.6 Å². The lowest BCUT2D eigenvalue weighted by atomic mass is 10.2. The van der Waals surface area contributed by atoms with Gasteiger partial charge in [0.2, 0.25) is 0 Å². The quantitative estimate of drug-likeness (QED) is 0.478. The smallest absolute Gasteiger partial charge is 0.263 e. The van der Waals surface area contributed by atoms with Crippen LogP contribution in [-0.2, 0) is 6.54 Å². The number of benzene rings is 1. The summed E-state index contributed by atoms with van der Waals surface area (Å²) in [5.41, 5.74) is 4.93. The van der Waals surface area contributed by atoms with Gasteiger partial charge in [-0.25, -0.2) is 4.98 Å². The van der Waals surface area contributed by atoms with Crippen molar-refractivity contribution in [1.82, 2.24) is 30.1 Å². The zero-order valence-corrected chi connectivity index (χ0v) is 18.2. The van der Waals surface area contributed by atoms with E-state index in [-0.39, 0.29) is 5.91 Å². The Hall–Kier alpha value is -3.11. The van der Waals surface area contributed by atoms with Crippen molar-refractivity contribution < 1.29 is 13.8 Å². The van der Waals surface area contributed by atoms with Crippen LogP contribution in [0.2, 0.25) is 0 Å². The Labute approximate surface area is 182 Å². The number of amides is 1. The molecular formula is C21H22N6O3S. The van der Waals surface area contributed by atoms with E-state index in [1.807, 2.05) is 36.9 Å². The molecule has 1 saturated heterocycles. The van der Waals surface area contributed by atoms with Crippen molar-refractivity contribution >= 4 is 27.5 Å². The zero-order chi connectivity index (χ0) is 21.4. The highest BCUT2D eigenvalue weighted by Gasteiger charge is 2.23. The second-order valence-corrected chi connectivity index (χ2v) is 8.56. The van der Waals surface area contributed by atoms with E-state index in [0.717, 1.165) is 47.5 Å². The number of aryl methyl sites for hydroxylation is 2. The minimum atomic E-state index is 0.0670. The molecule has 0 radical (unpaired) electrons. The summed E-state index contributed by atoms with van der Waals surface area (Å²) in [6.45, 7) is 7.26. The van der Waals surface area contributed by atoms with Crippen molar-refractivity contribution in [2.24, 2.45) is 0 Å². The Morgan fingerprint density at radius 3 is 2.87 bits per heavy atom. The molecule has 10 heteroatoms. The zero-order valence-electron chi connectivity index (χ0n) is 17.4. The van der Waals surface area contributed by atoms with Crippen molar-refractivity contribution in [3.8, 4) is 11.5 Å². The molecule has 0 spiro atoms. The standard InChI is InChI=1S/C21H22N6O3S/c1-13-19(14(2)29-24-13)20-23-18(25-30-20)11-26-6-3-7-27(9-8-26)21(28)15-4-5-16-17(10-15)31-12-22-16/h4-5,10,12H,3,6-9,11H2,1-2H3. The fourth-order valence-electron chi connectivity index (χ4n) is 3.91. The molecule has 5 rings (SSSR count). The van der Waals surface area contributed by atoms with E-state index in [2.05, 4.69) is 25.2 Å². The lowest BCUT2D eigenvalue weighted by Crippen LogP contribution is -2.35. The number of hydrogen-bond acceptors (Lipinski definition) is 9. The lowest BCUT2D eigenvalue weighted by Gasteiger charge is -2.21. The van der Waals surface area contributed by atoms with Gasteiger partial charge in [0.25, 0.3) is 11.8 Å². The average molecular weight is 439 g/mol. The molecule has 0 aliphatic carbocycles. The summed E-state index contributed by atoms with van der Waals surface area (Å²) in [5, 5.41) is 8.06. The lowest BCUT2D eigenvalue weighted by molar-refractivity contribution is 0.0761. The Morgan fingerprint density at radius 1 is 1.13 bits per heavy atom. The number of nitrogens with zero attached hydrogens (tertiary/aromatic N) is 6. The summed E-state index contributed by atoms with van der Waals surface area (Å²) in [6.07, 6.45) is 0.892. The summed E-state index contributed by atoms with van der Waals surface area (Å²) in [7, 11) is 0. The molecule has 31 heavy (non-hydrogen) atoms. The van der Waals surface area contributed by atoms with E-state index >= 15 is 0 Å². The van der Waals surface area contributed by atoms with Gasteiger partial charge in [0, 0.05) is 31.7 Å². The molecule has 1 aliphatic rings. The summed E-state index contributed by atoms with van der Waals surface area (Å²) < 4.78 is 11.7. The summed E-state index contributed by atoms with van der Waals surface area (Å²) in [6, 6.07) is 5.71. The number of hydrogen-bond donors (Lipinski definition) is 0. The molecular weight excluding hydrogens is 416 g/mol. The number of carbonyl (C=O) groups is 1. The minimum absolute atomic E-state index is 0.0670. The van der Waals surface area contributed by atoms with Crippen LogP contribution in [0.1, 0.15) is 34.1 Å². The van der Waals surface area contributed by atoms with Gasteiger partial charge in [-0.2, -0.15) is 4.98 Å². The van der Waals surface area contributed by atoms with Gasteiger partial charge in [0.15, 0.2) is 5.82 Å². The predicted octanol–water partition coefficient (Wildman–Crippen LogP) is 3.30. The van der Waals surface area contributed by atoms with Crippen LogP contribution < -0.4 is 0 Å². The normalized spacial score (nSPS) is 15.5. The second kappa shape index (κ2) is 8.20. The average Bonchev–Trinajstić information content (AvgIpc) is 3.45. The van der Waals surface area contributed by atoms with Gasteiger partial charge < -0.3 is 13.9 Å². The van der Waals surface area contributed by atoms with E-state index < -0.39 is 0 Å². The molecule has 1 fully saturated rings. The Balaban J connectivity index is 1.23. The first kappa shape index (κ1) is 19.8. The van der Waals surface area contributed by atoms with Crippen LogP contribution in [0.25, 0.3) is 21.7 Å². The number of thiazole rings is 1. The molecule has 0 atom stereocenters. The number of rotatable bonds is 4. The van der Waals surface area contributed by atoms with E-state index in [4.69, 9.17) is 9.05 Å². The first-order valence-electron chi connectivity index (χ1n) is 10.2. The van der Waals surface area contributed by atoms with Gasteiger partial charge >= 0.3 is 0 Å². The van der Waals surface area contributed by atoms with Crippen LogP contribution in [-0.4, -0.2) is 62.2 Å². The summed E-state index contributed by atoms with van der Waals surface area (Å²) in [5.74, 6) is 1.77. The third-order valence-corrected chi connectivity index (χ3v) is 6.33. The second-order valence-electron chi connectivity index (χ2n) is 7.67. The van der Waals surface area contributed by atoms with Crippen LogP contribution in [0.5, 0.6) is 0 Å². The first-order valence-corrected chi connectivity index (χ1v) is 11.1. The molecule has 0 bridgehead atoms. The third kappa shape index (κ3) is 3.96.